The molecule has 102 valence electrons. The number of nitrogen functional groups attached to an aromatic ring is 1. The highest BCUT2D eigenvalue weighted by Gasteiger charge is 2.18. The quantitative estimate of drug-likeness (QED) is 0.813. The van der Waals surface area contributed by atoms with E-state index in [1.54, 1.807) is 30.3 Å². The van der Waals surface area contributed by atoms with Crippen LogP contribution in [0.1, 0.15) is 23.1 Å². The van der Waals surface area contributed by atoms with Crippen molar-refractivity contribution in [3.05, 3.63) is 59.2 Å². The number of carbonyl (C=O) groups excluding carboxylic acids is 1. The van der Waals surface area contributed by atoms with Crippen LogP contribution in [0.25, 0.3) is 0 Å². The number of hydrogen-bond donors (Lipinski definition) is 1. The molecule has 4 nitrogen and oxygen atoms in total. The lowest BCUT2D eigenvalue weighted by atomic mass is 10.0. The predicted octanol–water partition coefficient (Wildman–Crippen LogP) is 2.78. The summed E-state index contributed by atoms with van der Waals surface area (Å²) in [5, 5.41) is 8.99. The van der Waals surface area contributed by atoms with Crippen molar-refractivity contribution in [2.24, 2.45) is 4.99 Å². The fraction of sp³-hybridized carbons (Fsp3) is 0.118. The van der Waals surface area contributed by atoms with Gasteiger partial charge in [0.25, 0.3) is 0 Å². The average molecular weight is 275 g/mol. The summed E-state index contributed by atoms with van der Waals surface area (Å²) in [4.78, 5) is 16.7. The van der Waals surface area contributed by atoms with Crippen molar-refractivity contribution < 1.29 is 4.79 Å². The summed E-state index contributed by atoms with van der Waals surface area (Å²) in [5.74, 6) is 0.0976. The maximum Gasteiger partial charge on any atom is 0.143 e. The van der Waals surface area contributed by atoms with Crippen LogP contribution in [0.5, 0.6) is 0 Å². The first-order chi connectivity index (χ1) is 10.2. The van der Waals surface area contributed by atoms with Crippen molar-refractivity contribution in [2.75, 3.05) is 5.73 Å². The molecule has 0 fully saturated rings. The molecule has 21 heavy (non-hydrogen) atoms. The number of anilines is 1. The third-order valence-electron chi connectivity index (χ3n) is 3.44. The number of nitrogens with zero attached hydrogens (tertiary/aromatic N) is 2. The van der Waals surface area contributed by atoms with Crippen molar-refractivity contribution in [3.63, 3.8) is 0 Å². The van der Waals surface area contributed by atoms with Crippen molar-refractivity contribution >= 4 is 22.9 Å². The molecule has 1 aliphatic rings. The number of nitriles is 1. The number of hydrogen-bond acceptors (Lipinski definition) is 4. The molecule has 1 aliphatic heterocycles. The van der Waals surface area contributed by atoms with Gasteiger partial charge in [0.1, 0.15) is 5.78 Å². The molecular weight excluding hydrogens is 262 g/mol. The van der Waals surface area contributed by atoms with Gasteiger partial charge in [-0.25, -0.2) is 0 Å². The fourth-order valence-corrected chi connectivity index (χ4v) is 2.44. The van der Waals surface area contributed by atoms with Crippen LogP contribution in [0.2, 0.25) is 0 Å². The third kappa shape index (κ3) is 2.67. The molecule has 0 atom stereocenters. The normalized spacial score (nSPS) is 13.9. The number of carbonyl (C=O) groups is 1. The van der Waals surface area contributed by atoms with Crippen LogP contribution < -0.4 is 5.73 Å². The highest BCUT2D eigenvalue weighted by molar-refractivity contribution is 6.13. The van der Waals surface area contributed by atoms with Gasteiger partial charge in [0.05, 0.1) is 23.0 Å². The van der Waals surface area contributed by atoms with Crippen molar-refractivity contribution in [1.29, 1.82) is 5.26 Å². The lowest BCUT2D eigenvalue weighted by Crippen LogP contribution is -2.09. The van der Waals surface area contributed by atoms with Crippen LogP contribution in [-0.2, 0) is 11.2 Å². The summed E-state index contributed by atoms with van der Waals surface area (Å²) in [6.45, 7) is 0. The smallest absolute Gasteiger partial charge is 0.143 e. The number of rotatable bonds is 1. The molecule has 0 bridgehead atoms. The first kappa shape index (κ1) is 13.1. The van der Waals surface area contributed by atoms with Gasteiger partial charge in [-0.15, -0.1) is 0 Å². The summed E-state index contributed by atoms with van der Waals surface area (Å²) in [5.41, 5.74) is 10.1. The first-order valence-corrected chi connectivity index (χ1v) is 6.64. The second-order valence-corrected chi connectivity index (χ2v) is 5.03. The van der Waals surface area contributed by atoms with Gasteiger partial charge in [-0.2, -0.15) is 5.26 Å². The number of aliphatic imine (C=N–C) groups is 1. The van der Waals surface area contributed by atoms with Gasteiger partial charge in [0.15, 0.2) is 0 Å². The average Bonchev–Trinajstić information content (AvgIpc) is 2.65. The van der Waals surface area contributed by atoms with Gasteiger partial charge < -0.3 is 5.73 Å². The molecule has 2 aromatic carbocycles. The molecule has 1 heterocycles. The molecule has 0 unspecified atom stereocenters. The van der Waals surface area contributed by atoms with E-state index in [1.807, 2.05) is 12.1 Å². The maximum absolute atomic E-state index is 12.1. The Morgan fingerprint density at radius 3 is 2.81 bits per heavy atom. The first-order valence-electron chi connectivity index (χ1n) is 6.64. The Morgan fingerprint density at radius 1 is 1.14 bits per heavy atom. The van der Waals surface area contributed by atoms with Crippen molar-refractivity contribution in [1.82, 2.24) is 0 Å². The molecule has 3 rings (SSSR count). The van der Waals surface area contributed by atoms with Gasteiger partial charge in [-0.3, -0.25) is 9.79 Å². The lowest BCUT2D eigenvalue weighted by Gasteiger charge is -2.04. The molecule has 0 aliphatic carbocycles. The highest BCUT2D eigenvalue weighted by Crippen LogP contribution is 2.27. The van der Waals surface area contributed by atoms with E-state index in [2.05, 4.69) is 11.1 Å². The van der Waals surface area contributed by atoms with Crippen LogP contribution in [-0.4, -0.2) is 11.5 Å². The van der Waals surface area contributed by atoms with E-state index in [-0.39, 0.29) is 12.2 Å². The topological polar surface area (TPSA) is 79.2 Å². The van der Waals surface area contributed by atoms with Gasteiger partial charge in [0.2, 0.25) is 0 Å². The summed E-state index contributed by atoms with van der Waals surface area (Å²) in [6, 6.07) is 14.7. The monoisotopic (exact) mass is 275 g/mol. The second-order valence-electron chi connectivity index (χ2n) is 5.03. The highest BCUT2D eigenvalue weighted by atomic mass is 16.1. The van der Waals surface area contributed by atoms with Crippen LogP contribution in [0.15, 0.2) is 47.5 Å². The van der Waals surface area contributed by atoms with Crippen LogP contribution in [0.3, 0.4) is 0 Å². The molecule has 0 spiro atoms. The van der Waals surface area contributed by atoms with Crippen molar-refractivity contribution in [3.8, 4) is 6.07 Å². The minimum Gasteiger partial charge on any atom is -0.399 e. The Bertz CT molecular complexity index is 800. The molecule has 0 aromatic heterocycles. The van der Waals surface area contributed by atoms with E-state index in [4.69, 9.17) is 11.0 Å². The Kier molecular flexibility index (Phi) is 3.25. The number of nitrogens with two attached hydrogens (primary N) is 1. The standard InChI is InChI=1S/C17H13N3O/c18-10-11-2-1-3-12(6-11)17-9-15(21)8-13-7-14(19)4-5-16(13)20-17/h1-7H,8-9,19H2. The molecule has 2 aromatic rings. The number of ketones is 1. The summed E-state index contributed by atoms with van der Waals surface area (Å²) >= 11 is 0. The van der Waals surface area contributed by atoms with Gasteiger partial charge >= 0.3 is 0 Å². The second kappa shape index (κ2) is 5.22. The molecule has 0 amide bonds. The molecule has 2 N–H and O–H groups in total. The lowest BCUT2D eigenvalue weighted by molar-refractivity contribution is -0.117. The van der Waals surface area contributed by atoms with Gasteiger partial charge in [-0.1, -0.05) is 12.1 Å². The third-order valence-corrected chi connectivity index (χ3v) is 3.44. The van der Waals surface area contributed by atoms with Gasteiger partial charge in [0, 0.05) is 18.5 Å². The summed E-state index contributed by atoms with van der Waals surface area (Å²) < 4.78 is 0. The van der Waals surface area contributed by atoms with E-state index < -0.39 is 0 Å². The molecule has 0 radical (unpaired) electrons. The fourth-order valence-electron chi connectivity index (χ4n) is 2.44. The SMILES string of the molecule is N#Cc1cccc(C2=Nc3ccc(N)cc3CC(=O)C2)c1. The minimum atomic E-state index is 0.0976. The van der Waals surface area contributed by atoms with Crippen LogP contribution in [0, 0.1) is 11.3 Å². The zero-order valence-electron chi connectivity index (χ0n) is 11.3. The maximum atomic E-state index is 12.1. The predicted molar refractivity (Wildman–Crippen MR) is 81.5 cm³/mol. The number of fused-ring (bicyclic) bond motifs is 1. The zero-order chi connectivity index (χ0) is 14.8. The van der Waals surface area contributed by atoms with Crippen LogP contribution in [0.4, 0.5) is 11.4 Å². The van der Waals surface area contributed by atoms with E-state index in [9.17, 15) is 4.79 Å². The molecule has 4 heteroatoms. The molecule has 0 saturated heterocycles. The summed E-state index contributed by atoms with van der Waals surface area (Å²) in [6.07, 6.45) is 0.606. The van der Waals surface area contributed by atoms with Crippen LogP contribution >= 0.6 is 0 Å². The number of benzene rings is 2. The van der Waals surface area contributed by atoms with E-state index in [0.29, 0.717) is 23.4 Å². The van der Waals surface area contributed by atoms with E-state index in [1.165, 1.54) is 0 Å². The Morgan fingerprint density at radius 2 is 2.00 bits per heavy atom. The summed E-state index contributed by atoms with van der Waals surface area (Å²) in [7, 11) is 0. The van der Waals surface area contributed by atoms with E-state index in [0.717, 1.165) is 16.8 Å². The Balaban J connectivity index is 2.11. The molecular formula is C17H13N3O. The Hall–Kier alpha value is -2.93. The zero-order valence-corrected chi connectivity index (χ0v) is 11.3. The van der Waals surface area contributed by atoms with Crippen molar-refractivity contribution in [2.45, 2.75) is 12.8 Å². The Labute approximate surface area is 122 Å². The minimum absolute atomic E-state index is 0.0976. The molecule has 0 saturated carbocycles. The van der Waals surface area contributed by atoms with Gasteiger partial charge in [-0.05, 0) is 41.5 Å². The van der Waals surface area contributed by atoms with E-state index >= 15 is 0 Å². The number of Topliss-reactive ketones (excluding diaryl/α,β-unsaturated/α-hetero) is 1. The largest absolute Gasteiger partial charge is 0.399 e.